The summed E-state index contributed by atoms with van der Waals surface area (Å²) in [6, 6.07) is 10.6. The SMILES string of the molecule is O=C(NCc1ccccc1OC1CCCC1)c1cccnc1SC(F)F. The van der Waals surface area contributed by atoms with Crippen molar-refractivity contribution in [3.63, 3.8) is 0 Å². The Balaban J connectivity index is 1.67. The van der Waals surface area contributed by atoms with Gasteiger partial charge in [0.2, 0.25) is 0 Å². The van der Waals surface area contributed by atoms with Crippen LogP contribution in [0.1, 0.15) is 41.6 Å². The van der Waals surface area contributed by atoms with Gasteiger partial charge in [0.15, 0.2) is 0 Å². The lowest BCUT2D eigenvalue weighted by atomic mass is 10.2. The van der Waals surface area contributed by atoms with Gasteiger partial charge in [-0.1, -0.05) is 18.2 Å². The predicted octanol–water partition coefficient (Wildman–Crippen LogP) is 4.65. The maximum atomic E-state index is 12.6. The highest BCUT2D eigenvalue weighted by Gasteiger charge is 2.19. The number of thioether (sulfide) groups is 1. The number of carbonyl (C=O) groups excluding carboxylic acids is 1. The second-order valence-electron chi connectivity index (χ2n) is 6.05. The zero-order valence-electron chi connectivity index (χ0n) is 14.2. The van der Waals surface area contributed by atoms with Crippen LogP contribution < -0.4 is 10.1 Å². The average molecular weight is 378 g/mol. The first-order valence-electron chi connectivity index (χ1n) is 8.56. The van der Waals surface area contributed by atoms with Gasteiger partial charge in [-0.3, -0.25) is 4.79 Å². The fourth-order valence-electron chi connectivity index (χ4n) is 2.96. The number of aromatic nitrogens is 1. The number of rotatable bonds is 7. The van der Waals surface area contributed by atoms with Gasteiger partial charge in [-0.15, -0.1) is 0 Å². The number of hydrogen-bond donors (Lipinski definition) is 1. The van der Waals surface area contributed by atoms with Crippen LogP contribution in [0.4, 0.5) is 8.78 Å². The molecule has 2 aromatic rings. The molecule has 0 radical (unpaired) electrons. The van der Waals surface area contributed by atoms with Crippen LogP contribution in [-0.2, 0) is 6.54 Å². The lowest BCUT2D eigenvalue weighted by molar-refractivity contribution is 0.0946. The summed E-state index contributed by atoms with van der Waals surface area (Å²) >= 11 is 0.270. The van der Waals surface area contributed by atoms with E-state index in [1.807, 2.05) is 24.3 Å². The summed E-state index contributed by atoms with van der Waals surface area (Å²) in [5.41, 5.74) is 1.01. The number of alkyl halides is 2. The van der Waals surface area contributed by atoms with E-state index in [9.17, 15) is 13.6 Å². The van der Waals surface area contributed by atoms with Gasteiger partial charge < -0.3 is 10.1 Å². The van der Waals surface area contributed by atoms with Crippen molar-refractivity contribution in [1.82, 2.24) is 10.3 Å². The Morgan fingerprint density at radius 2 is 2.00 bits per heavy atom. The summed E-state index contributed by atoms with van der Waals surface area (Å²) in [5.74, 6) is -2.30. The molecule has 1 saturated carbocycles. The highest BCUT2D eigenvalue weighted by Crippen LogP contribution is 2.28. The fourth-order valence-corrected chi connectivity index (χ4v) is 3.54. The van der Waals surface area contributed by atoms with Gasteiger partial charge in [0.05, 0.1) is 11.7 Å². The van der Waals surface area contributed by atoms with Crippen molar-refractivity contribution >= 4 is 17.7 Å². The first-order chi connectivity index (χ1) is 12.6. The minimum Gasteiger partial charge on any atom is -0.490 e. The Morgan fingerprint density at radius 3 is 2.77 bits per heavy atom. The molecular formula is C19H20F2N2O2S. The molecular weight excluding hydrogens is 358 g/mol. The molecule has 1 aromatic carbocycles. The minimum atomic E-state index is -2.63. The number of nitrogens with zero attached hydrogens (tertiary/aromatic N) is 1. The molecule has 0 spiro atoms. The van der Waals surface area contributed by atoms with E-state index in [2.05, 4.69) is 10.3 Å². The highest BCUT2D eigenvalue weighted by atomic mass is 32.2. The second-order valence-corrected chi connectivity index (χ2v) is 7.03. The van der Waals surface area contributed by atoms with E-state index < -0.39 is 11.7 Å². The highest BCUT2D eigenvalue weighted by molar-refractivity contribution is 7.99. The zero-order valence-corrected chi connectivity index (χ0v) is 15.0. The van der Waals surface area contributed by atoms with Crippen LogP contribution in [0, 0.1) is 0 Å². The van der Waals surface area contributed by atoms with Crippen LogP contribution in [0.2, 0.25) is 0 Å². The molecule has 0 atom stereocenters. The molecule has 26 heavy (non-hydrogen) atoms. The standard InChI is InChI=1S/C19H20F2N2O2S/c20-19(21)26-18-15(9-5-11-22-18)17(24)23-12-13-6-1-4-10-16(13)25-14-7-2-3-8-14/h1,4-6,9-11,14,19H,2-3,7-8,12H2,(H,23,24). The number of ether oxygens (including phenoxy) is 1. The molecule has 1 N–H and O–H groups in total. The van der Waals surface area contributed by atoms with Crippen LogP contribution in [-0.4, -0.2) is 22.8 Å². The first kappa shape index (κ1) is 18.6. The van der Waals surface area contributed by atoms with E-state index in [1.54, 1.807) is 6.07 Å². The van der Waals surface area contributed by atoms with Gasteiger partial charge in [0.25, 0.3) is 11.7 Å². The number of hydrogen-bond acceptors (Lipinski definition) is 4. The minimum absolute atomic E-state index is 0.0236. The molecule has 4 nitrogen and oxygen atoms in total. The van der Waals surface area contributed by atoms with Crippen LogP contribution in [0.5, 0.6) is 5.75 Å². The number of carbonyl (C=O) groups is 1. The predicted molar refractivity (Wildman–Crippen MR) is 96.6 cm³/mol. The summed E-state index contributed by atoms with van der Waals surface area (Å²) < 4.78 is 31.3. The lowest BCUT2D eigenvalue weighted by Crippen LogP contribution is -2.24. The molecule has 1 aromatic heterocycles. The molecule has 1 aliphatic carbocycles. The van der Waals surface area contributed by atoms with Gasteiger partial charge in [-0.05, 0) is 55.6 Å². The van der Waals surface area contributed by atoms with E-state index in [1.165, 1.54) is 25.1 Å². The Morgan fingerprint density at radius 1 is 1.23 bits per heavy atom. The van der Waals surface area contributed by atoms with Crippen molar-refractivity contribution in [2.45, 2.75) is 49.1 Å². The lowest BCUT2D eigenvalue weighted by Gasteiger charge is -2.17. The van der Waals surface area contributed by atoms with Crippen LogP contribution in [0.15, 0.2) is 47.6 Å². The van der Waals surface area contributed by atoms with Crippen molar-refractivity contribution < 1.29 is 18.3 Å². The molecule has 1 aliphatic rings. The Labute approximate surface area is 155 Å². The third kappa shape index (κ3) is 4.94. The molecule has 3 rings (SSSR count). The van der Waals surface area contributed by atoms with Gasteiger partial charge in [0.1, 0.15) is 10.8 Å². The number of amides is 1. The van der Waals surface area contributed by atoms with Gasteiger partial charge >= 0.3 is 0 Å². The molecule has 0 bridgehead atoms. The molecule has 1 amide bonds. The van der Waals surface area contributed by atoms with Crippen molar-refractivity contribution in [3.8, 4) is 5.75 Å². The first-order valence-corrected chi connectivity index (χ1v) is 9.44. The number of nitrogens with one attached hydrogen (secondary N) is 1. The number of benzene rings is 1. The topological polar surface area (TPSA) is 51.2 Å². The molecule has 0 aliphatic heterocycles. The largest absolute Gasteiger partial charge is 0.490 e. The van der Waals surface area contributed by atoms with Gasteiger partial charge in [-0.25, -0.2) is 4.98 Å². The Kier molecular flexibility index (Phi) is 6.44. The zero-order chi connectivity index (χ0) is 18.4. The van der Waals surface area contributed by atoms with Crippen molar-refractivity contribution in [2.75, 3.05) is 0 Å². The number of para-hydroxylation sites is 1. The molecule has 7 heteroatoms. The van der Waals surface area contributed by atoms with Crippen LogP contribution in [0.25, 0.3) is 0 Å². The monoisotopic (exact) mass is 378 g/mol. The summed E-state index contributed by atoms with van der Waals surface area (Å²) in [4.78, 5) is 16.3. The van der Waals surface area contributed by atoms with Gasteiger partial charge in [-0.2, -0.15) is 8.78 Å². The van der Waals surface area contributed by atoms with E-state index in [0.717, 1.165) is 24.2 Å². The summed E-state index contributed by atoms with van der Waals surface area (Å²) in [6.07, 6.45) is 6.06. The number of halogens is 2. The summed E-state index contributed by atoms with van der Waals surface area (Å²) in [6.45, 7) is 0.259. The molecule has 0 unspecified atom stereocenters. The van der Waals surface area contributed by atoms with Crippen molar-refractivity contribution in [1.29, 1.82) is 0 Å². The molecule has 1 fully saturated rings. The van der Waals surface area contributed by atoms with E-state index in [0.29, 0.717) is 0 Å². The number of pyridine rings is 1. The molecule has 138 valence electrons. The van der Waals surface area contributed by atoms with E-state index >= 15 is 0 Å². The third-order valence-electron chi connectivity index (χ3n) is 4.22. The van der Waals surface area contributed by atoms with E-state index in [4.69, 9.17) is 4.74 Å². The summed E-state index contributed by atoms with van der Waals surface area (Å²) in [5, 5.41) is 2.80. The summed E-state index contributed by atoms with van der Waals surface area (Å²) in [7, 11) is 0. The van der Waals surface area contributed by atoms with Crippen LogP contribution >= 0.6 is 11.8 Å². The maximum Gasteiger partial charge on any atom is 0.290 e. The maximum absolute atomic E-state index is 12.6. The van der Waals surface area contributed by atoms with E-state index in [-0.39, 0.29) is 35.0 Å². The van der Waals surface area contributed by atoms with Crippen molar-refractivity contribution in [2.24, 2.45) is 0 Å². The fraction of sp³-hybridized carbons (Fsp3) is 0.368. The second kappa shape index (κ2) is 8.98. The Bertz CT molecular complexity index is 752. The van der Waals surface area contributed by atoms with Crippen LogP contribution in [0.3, 0.4) is 0 Å². The average Bonchev–Trinajstić information content (AvgIpc) is 3.14. The molecule has 1 heterocycles. The Hall–Kier alpha value is -2.15. The van der Waals surface area contributed by atoms with Gasteiger partial charge in [0, 0.05) is 18.3 Å². The smallest absolute Gasteiger partial charge is 0.290 e. The normalized spacial score (nSPS) is 14.6. The van der Waals surface area contributed by atoms with Crippen molar-refractivity contribution in [3.05, 3.63) is 53.7 Å². The molecule has 0 saturated heterocycles. The third-order valence-corrected chi connectivity index (χ3v) is 4.95. The quantitative estimate of drug-likeness (QED) is 0.713.